The van der Waals surface area contributed by atoms with Crippen LogP contribution < -0.4 is 9.64 Å². The van der Waals surface area contributed by atoms with Gasteiger partial charge in [-0.15, -0.1) is 0 Å². The van der Waals surface area contributed by atoms with Crippen LogP contribution in [-0.4, -0.2) is 81.7 Å². The van der Waals surface area contributed by atoms with Gasteiger partial charge in [-0.25, -0.2) is 13.2 Å². The Bertz CT molecular complexity index is 1810. The number of phenols is 1. The van der Waals surface area contributed by atoms with Crippen molar-refractivity contribution in [1.82, 2.24) is 19.9 Å². The molecule has 2 aromatic heterocycles. The molecule has 4 aliphatic rings. The first-order valence-electron chi connectivity index (χ1n) is 16.0. The molecule has 4 aromatic rings. The molecule has 0 aliphatic carbocycles. The lowest BCUT2D eigenvalue weighted by molar-refractivity contribution is -0.158. The molecule has 236 valence electrons. The highest BCUT2D eigenvalue weighted by atomic mass is 19.1. The van der Waals surface area contributed by atoms with Crippen molar-refractivity contribution in [2.45, 2.75) is 69.2 Å². The Morgan fingerprint density at radius 2 is 1.91 bits per heavy atom. The molecule has 1 N–H and O–H groups in total. The molecule has 8 nitrogen and oxygen atoms in total. The summed E-state index contributed by atoms with van der Waals surface area (Å²) >= 11 is 0. The van der Waals surface area contributed by atoms with E-state index in [2.05, 4.69) is 19.8 Å². The lowest BCUT2D eigenvalue weighted by Crippen LogP contribution is -2.52. The number of nitrogens with zero attached hydrogens (tertiary/aromatic N) is 5. The number of hydrogen-bond donors (Lipinski definition) is 1. The number of halogens is 3. The number of rotatable bonds is 6. The summed E-state index contributed by atoms with van der Waals surface area (Å²) in [6.45, 7) is 5.39. The van der Waals surface area contributed by atoms with E-state index in [0.717, 1.165) is 45.3 Å². The number of aromatic nitrogens is 3. The van der Waals surface area contributed by atoms with Gasteiger partial charge in [0.1, 0.15) is 41.4 Å². The summed E-state index contributed by atoms with van der Waals surface area (Å²) in [7, 11) is 0. The third kappa shape index (κ3) is 4.69. The van der Waals surface area contributed by atoms with Gasteiger partial charge >= 0.3 is 6.01 Å². The fourth-order valence-corrected chi connectivity index (χ4v) is 8.11. The lowest BCUT2D eigenvalue weighted by atomic mass is 9.84. The van der Waals surface area contributed by atoms with Crippen molar-refractivity contribution in [3.05, 3.63) is 47.7 Å². The zero-order valence-electron chi connectivity index (χ0n) is 25.3. The molecular weight excluding hydrogens is 583 g/mol. The number of ether oxygens (including phenoxy) is 2. The summed E-state index contributed by atoms with van der Waals surface area (Å²) in [6, 6.07) is 5.91. The Balaban J connectivity index is 1.25. The van der Waals surface area contributed by atoms with Gasteiger partial charge in [0, 0.05) is 37.8 Å². The first kappa shape index (κ1) is 28.8. The minimum atomic E-state index is -0.905. The largest absolute Gasteiger partial charge is 0.508 e. The van der Waals surface area contributed by atoms with E-state index in [-0.39, 0.29) is 40.7 Å². The minimum Gasteiger partial charge on any atom is -0.508 e. The van der Waals surface area contributed by atoms with Crippen molar-refractivity contribution in [2.24, 2.45) is 0 Å². The number of hydrogen-bond acceptors (Lipinski definition) is 8. The van der Waals surface area contributed by atoms with Crippen molar-refractivity contribution in [1.29, 1.82) is 0 Å². The number of benzene rings is 2. The van der Waals surface area contributed by atoms with Gasteiger partial charge in [-0.3, -0.25) is 9.88 Å². The summed E-state index contributed by atoms with van der Waals surface area (Å²) < 4.78 is 58.3. The maximum atomic E-state index is 16.8. The van der Waals surface area contributed by atoms with E-state index < -0.39 is 23.3 Å². The van der Waals surface area contributed by atoms with Crippen LogP contribution in [0.2, 0.25) is 0 Å². The normalized spacial score (nSPS) is 24.4. The third-order valence-electron chi connectivity index (χ3n) is 10.6. The average Bonchev–Trinajstić information content (AvgIpc) is 3.55. The van der Waals surface area contributed by atoms with Crippen molar-refractivity contribution in [3.8, 4) is 23.0 Å². The van der Waals surface area contributed by atoms with Crippen LogP contribution in [0.4, 0.5) is 19.0 Å². The van der Waals surface area contributed by atoms with Crippen LogP contribution in [-0.2, 0) is 11.2 Å². The number of alkyl halides is 1. The number of aromatic hydroxyl groups is 1. The van der Waals surface area contributed by atoms with Crippen LogP contribution in [0, 0.1) is 11.6 Å². The van der Waals surface area contributed by atoms with Crippen LogP contribution in [0.25, 0.3) is 32.9 Å². The lowest BCUT2D eigenvalue weighted by Gasteiger charge is -2.47. The molecule has 45 heavy (non-hydrogen) atoms. The molecule has 0 bridgehead atoms. The highest BCUT2D eigenvalue weighted by Gasteiger charge is 2.49. The summed E-state index contributed by atoms with van der Waals surface area (Å²) in [5.74, 6) is -0.665. The second-order valence-electron chi connectivity index (χ2n) is 13.1. The Morgan fingerprint density at radius 3 is 2.67 bits per heavy atom. The van der Waals surface area contributed by atoms with Crippen molar-refractivity contribution in [2.75, 3.05) is 44.3 Å². The topological polar surface area (TPSA) is 83.8 Å². The maximum absolute atomic E-state index is 16.8. The number of fused-ring (bicyclic) bond motifs is 3. The van der Waals surface area contributed by atoms with Gasteiger partial charge in [0.25, 0.3) is 0 Å². The number of pyridine rings is 1. The molecule has 8 rings (SSSR count). The van der Waals surface area contributed by atoms with Gasteiger partial charge in [-0.05, 0) is 79.6 Å². The van der Waals surface area contributed by atoms with Crippen LogP contribution >= 0.6 is 0 Å². The highest BCUT2D eigenvalue weighted by molar-refractivity contribution is 6.01. The highest BCUT2D eigenvalue weighted by Crippen LogP contribution is 2.43. The Morgan fingerprint density at radius 1 is 1.09 bits per heavy atom. The van der Waals surface area contributed by atoms with Crippen LogP contribution in [0.1, 0.15) is 51.0 Å². The van der Waals surface area contributed by atoms with Crippen molar-refractivity contribution >= 4 is 27.5 Å². The predicted molar refractivity (Wildman–Crippen MR) is 165 cm³/mol. The van der Waals surface area contributed by atoms with Crippen molar-refractivity contribution in [3.63, 3.8) is 0 Å². The van der Waals surface area contributed by atoms with E-state index in [9.17, 15) is 13.9 Å². The first-order valence-corrected chi connectivity index (χ1v) is 16.0. The van der Waals surface area contributed by atoms with Gasteiger partial charge in [0.2, 0.25) is 0 Å². The summed E-state index contributed by atoms with van der Waals surface area (Å²) in [5, 5.41) is 12.1. The zero-order valence-corrected chi connectivity index (χ0v) is 25.3. The van der Waals surface area contributed by atoms with Gasteiger partial charge in [0.15, 0.2) is 5.82 Å². The van der Waals surface area contributed by atoms with E-state index in [4.69, 9.17) is 14.5 Å². The molecule has 6 heterocycles. The number of phenolic OH excluding ortho intramolecular Hbond substituents is 1. The second-order valence-corrected chi connectivity index (χ2v) is 13.1. The van der Waals surface area contributed by atoms with Gasteiger partial charge in [-0.2, -0.15) is 9.97 Å². The smallest absolute Gasteiger partial charge is 0.319 e. The standard InChI is InChI=1S/C34H36F3N5O3/c1-2-23-26(36)5-4-20-14-22(43)15-24(27(20)23)29-28(37)30-25(17-38-29)31(41-11-7-34(8-12-41)9-13-45-34)40-32(39-30)44-19-33-6-3-10-42(33)18-21(35)16-33/h4-5,14-15,17,21,43H,2-3,6-13,16,18-19H2,1H3/t21-,33?/m1/s1. The van der Waals surface area contributed by atoms with Crippen molar-refractivity contribution < 1.29 is 27.8 Å². The number of aryl methyl sites for hydroxylation is 1. The molecule has 4 saturated heterocycles. The predicted octanol–water partition coefficient (Wildman–Crippen LogP) is 6.11. The maximum Gasteiger partial charge on any atom is 0.319 e. The molecule has 11 heteroatoms. The Labute approximate surface area is 259 Å². The molecule has 2 atom stereocenters. The van der Waals surface area contributed by atoms with E-state index in [1.807, 2.05) is 6.92 Å². The molecule has 0 amide bonds. The van der Waals surface area contributed by atoms with Crippen LogP contribution in [0.5, 0.6) is 11.8 Å². The van der Waals surface area contributed by atoms with E-state index in [1.54, 1.807) is 12.3 Å². The Hall–Kier alpha value is -3.70. The molecule has 1 unspecified atom stereocenters. The fourth-order valence-electron chi connectivity index (χ4n) is 8.11. The minimum absolute atomic E-state index is 0.0262. The summed E-state index contributed by atoms with van der Waals surface area (Å²) in [4.78, 5) is 18.2. The van der Waals surface area contributed by atoms with E-state index in [1.165, 1.54) is 18.2 Å². The van der Waals surface area contributed by atoms with Gasteiger partial charge in [0.05, 0.1) is 23.1 Å². The third-order valence-corrected chi connectivity index (χ3v) is 10.6. The molecular formula is C34H36F3N5O3. The van der Waals surface area contributed by atoms with E-state index in [0.29, 0.717) is 60.0 Å². The average molecular weight is 620 g/mol. The van der Waals surface area contributed by atoms with E-state index >= 15 is 4.39 Å². The SMILES string of the molecule is CCc1c(F)ccc2cc(O)cc(-c3ncc4c(N5CCC6(CCO6)CC5)nc(OCC56CCCN5C[C@H](F)C6)nc4c3F)c12. The second kappa shape index (κ2) is 10.7. The molecule has 1 spiro atoms. The monoisotopic (exact) mass is 619 g/mol. The van der Waals surface area contributed by atoms with Crippen LogP contribution in [0.3, 0.4) is 0 Å². The quantitative estimate of drug-likeness (QED) is 0.277. The molecule has 4 aliphatic heterocycles. The first-order chi connectivity index (χ1) is 21.8. The molecule has 2 aromatic carbocycles. The Kier molecular flexibility index (Phi) is 6.83. The van der Waals surface area contributed by atoms with Crippen LogP contribution in [0.15, 0.2) is 30.5 Å². The summed E-state index contributed by atoms with van der Waals surface area (Å²) in [5.41, 5.74) is 0.178. The number of anilines is 1. The summed E-state index contributed by atoms with van der Waals surface area (Å²) in [6.07, 6.45) is 5.91. The fraction of sp³-hybridized carbons (Fsp3) is 0.500. The number of piperidine rings is 1. The molecule has 4 fully saturated rings. The zero-order chi connectivity index (χ0) is 30.9. The molecule has 0 saturated carbocycles. The van der Waals surface area contributed by atoms with Gasteiger partial charge < -0.3 is 19.5 Å². The van der Waals surface area contributed by atoms with Gasteiger partial charge in [-0.1, -0.05) is 13.0 Å². The molecule has 0 radical (unpaired) electrons.